The number of likely N-dealkylation sites (N-methyl/N-ethyl adjacent to an activating group) is 1. The van der Waals surface area contributed by atoms with Crippen LogP contribution in [0.4, 0.5) is 0 Å². The van der Waals surface area contributed by atoms with E-state index in [4.69, 9.17) is 9.31 Å². The van der Waals surface area contributed by atoms with E-state index >= 15 is 0 Å². The molecule has 2 aromatic heterocycles. The van der Waals surface area contributed by atoms with Crippen LogP contribution < -0.4 is 5.59 Å². The van der Waals surface area contributed by atoms with Crippen LogP contribution in [-0.4, -0.2) is 60.2 Å². The zero-order chi connectivity index (χ0) is 13.2. The van der Waals surface area contributed by atoms with Crippen molar-refractivity contribution in [3.63, 3.8) is 0 Å². The third-order valence-electron chi connectivity index (χ3n) is 3.37. The highest BCUT2D eigenvalue weighted by molar-refractivity contribution is 6.60. The third-order valence-corrected chi connectivity index (χ3v) is 3.37. The summed E-state index contributed by atoms with van der Waals surface area (Å²) in [6.07, 6.45) is 0. The third kappa shape index (κ3) is 2.49. The van der Waals surface area contributed by atoms with Crippen LogP contribution in [0.1, 0.15) is 5.69 Å². The number of nitrogens with zero attached hydrogens (tertiary/aromatic N) is 4. The van der Waals surface area contributed by atoms with E-state index in [2.05, 4.69) is 22.3 Å². The van der Waals surface area contributed by atoms with E-state index in [-0.39, 0.29) is 7.12 Å². The summed E-state index contributed by atoms with van der Waals surface area (Å²) in [6, 6.07) is 5.95. The SMILES string of the molecule is Cc1nnn2c(B3OCCN(C)CCO3)cccc12. The maximum absolute atomic E-state index is 5.80. The average Bonchev–Trinajstić information content (AvgIpc) is 2.76. The zero-order valence-electron chi connectivity index (χ0n) is 11.2. The minimum Gasteiger partial charge on any atom is -0.405 e. The average molecular weight is 260 g/mol. The molecule has 6 nitrogen and oxygen atoms in total. The van der Waals surface area contributed by atoms with Crippen LogP contribution in [0, 0.1) is 6.92 Å². The van der Waals surface area contributed by atoms with Gasteiger partial charge < -0.3 is 14.2 Å². The van der Waals surface area contributed by atoms with Crippen molar-refractivity contribution in [2.45, 2.75) is 6.92 Å². The van der Waals surface area contributed by atoms with Crippen molar-refractivity contribution in [3.8, 4) is 0 Å². The van der Waals surface area contributed by atoms with E-state index in [9.17, 15) is 0 Å². The Balaban J connectivity index is 1.90. The second-order valence-electron chi connectivity index (χ2n) is 4.80. The van der Waals surface area contributed by atoms with Gasteiger partial charge in [0.2, 0.25) is 0 Å². The Bertz CT molecular complexity index is 564. The van der Waals surface area contributed by atoms with E-state index in [1.54, 1.807) is 4.52 Å². The fraction of sp³-hybridized carbons (Fsp3) is 0.500. The van der Waals surface area contributed by atoms with Gasteiger partial charge in [-0.05, 0) is 26.1 Å². The molecule has 0 spiro atoms. The van der Waals surface area contributed by atoms with E-state index < -0.39 is 0 Å². The fourth-order valence-corrected chi connectivity index (χ4v) is 2.20. The number of fused-ring (bicyclic) bond motifs is 1. The van der Waals surface area contributed by atoms with Gasteiger partial charge in [0.25, 0.3) is 0 Å². The van der Waals surface area contributed by atoms with Gasteiger partial charge in [-0.2, -0.15) is 0 Å². The van der Waals surface area contributed by atoms with Crippen LogP contribution in [0.2, 0.25) is 0 Å². The van der Waals surface area contributed by atoms with Gasteiger partial charge >= 0.3 is 7.12 Å². The lowest BCUT2D eigenvalue weighted by atomic mass is 9.83. The lowest BCUT2D eigenvalue weighted by Gasteiger charge is -2.24. The van der Waals surface area contributed by atoms with Gasteiger partial charge in [-0.25, -0.2) is 4.52 Å². The molecule has 1 saturated heterocycles. The first-order valence-corrected chi connectivity index (χ1v) is 6.48. The predicted octanol–water partition coefficient (Wildman–Crippen LogP) is -0.288. The molecule has 19 heavy (non-hydrogen) atoms. The molecule has 0 aromatic carbocycles. The monoisotopic (exact) mass is 260 g/mol. The lowest BCUT2D eigenvalue weighted by Crippen LogP contribution is -2.46. The molecular formula is C12H17BN4O2. The molecule has 0 atom stereocenters. The maximum atomic E-state index is 5.80. The van der Waals surface area contributed by atoms with E-state index in [1.807, 2.05) is 25.1 Å². The summed E-state index contributed by atoms with van der Waals surface area (Å²) in [4.78, 5) is 2.19. The van der Waals surface area contributed by atoms with Gasteiger partial charge in [-0.1, -0.05) is 11.3 Å². The van der Waals surface area contributed by atoms with Crippen LogP contribution in [-0.2, 0) is 9.31 Å². The molecular weight excluding hydrogens is 243 g/mol. The molecule has 1 aliphatic rings. The smallest absolute Gasteiger partial charge is 0.405 e. The molecule has 0 bridgehead atoms. The summed E-state index contributed by atoms with van der Waals surface area (Å²) < 4.78 is 13.4. The van der Waals surface area contributed by atoms with Crippen molar-refractivity contribution in [1.82, 2.24) is 19.7 Å². The number of aryl methyl sites for hydroxylation is 1. The van der Waals surface area contributed by atoms with E-state index in [0.29, 0.717) is 13.2 Å². The minimum absolute atomic E-state index is 0.376. The van der Waals surface area contributed by atoms with Gasteiger partial charge in [0.1, 0.15) is 0 Å². The van der Waals surface area contributed by atoms with Crippen molar-refractivity contribution < 1.29 is 9.31 Å². The van der Waals surface area contributed by atoms with Gasteiger partial charge in [0.05, 0.1) is 16.8 Å². The molecule has 0 N–H and O–H groups in total. The quantitative estimate of drug-likeness (QED) is 0.659. The van der Waals surface area contributed by atoms with Gasteiger partial charge in [-0.15, -0.1) is 5.10 Å². The van der Waals surface area contributed by atoms with Crippen LogP contribution in [0.15, 0.2) is 18.2 Å². The number of aromatic nitrogens is 3. The topological polar surface area (TPSA) is 51.9 Å². The van der Waals surface area contributed by atoms with Crippen molar-refractivity contribution in [2.24, 2.45) is 0 Å². The largest absolute Gasteiger partial charge is 0.513 e. The van der Waals surface area contributed by atoms with E-state index in [1.165, 1.54) is 0 Å². The summed E-state index contributed by atoms with van der Waals surface area (Å²) in [7, 11) is 1.69. The Kier molecular flexibility index (Phi) is 3.50. The predicted molar refractivity (Wildman–Crippen MR) is 72.5 cm³/mol. The van der Waals surface area contributed by atoms with Gasteiger partial charge in [0.15, 0.2) is 0 Å². The number of hydrogen-bond donors (Lipinski definition) is 0. The first kappa shape index (κ1) is 12.6. The second-order valence-corrected chi connectivity index (χ2v) is 4.80. The molecule has 2 aromatic rings. The normalized spacial score (nSPS) is 18.5. The minimum atomic E-state index is -0.376. The van der Waals surface area contributed by atoms with Crippen molar-refractivity contribution in [2.75, 3.05) is 33.4 Å². The van der Waals surface area contributed by atoms with Gasteiger partial charge in [-0.3, -0.25) is 0 Å². The van der Waals surface area contributed by atoms with Gasteiger partial charge in [0, 0.05) is 26.3 Å². The molecule has 0 unspecified atom stereocenters. The highest BCUT2D eigenvalue weighted by Crippen LogP contribution is 2.06. The summed E-state index contributed by atoms with van der Waals surface area (Å²) in [6.45, 7) is 5.05. The molecule has 100 valence electrons. The molecule has 7 heteroatoms. The number of rotatable bonds is 1. The summed E-state index contributed by atoms with van der Waals surface area (Å²) >= 11 is 0. The molecule has 0 saturated carbocycles. The zero-order valence-corrected chi connectivity index (χ0v) is 11.2. The second kappa shape index (κ2) is 5.28. The molecule has 1 aliphatic heterocycles. The Morgan fingerprint density at radius 1 is 1.21 bits per heavy atom. The van der Waals surface area contributed by atoms with Crippen molar-refractivity contribution in [1.29, 1.82) is 0 Å². The Morgan fingerprint density at radius 3 is 2.68 bits per heavy atom. The molecule has 0 radical (unpaired) electrons. The number of pyridine rings is 1. The van der Waals surface area contributed by atoms with Crippen molar-refractivity contribution >= 4 is 18.2 Å². The highest BCUT2D eigenvalue weighted by atomic mass is 16.6. The Hall–Kier alpha value is -1.44. The van der Waals surface area contributed by atoms with Crippen LogP contribution in [0.3, 0.4) is 0 Å². The Labute approximate surface area is 112 Å². The van der Waals surface area contributed by atoms with Crippen molar-refractivity contribution in [3.05, 3.63) is 23.9 Å². The fourth-order valence-electron chi connectivity index (χ4n) is 2.20. The lowest BCUT2D eigenvalue weighted by molar-refractivity contribution is 0.131. The van der Waals surface area contributed by atoms with E-state index in [0.717, 1.165) is 29.9 Å². The van der Waals surface area contributed by atoms with Crippen LogP contribution in [0.25, 0.3) is 5.52 Å². The molecule has 0 aliphatic carbocycles. The van der Waals surface area contributed by atoms with Crippen LogP contribution in [0.5, 0.6) is 0 Å². The first-order valence-electron chi connectivity index (χ1n) is 6.48. The standard InChI is InChI=1S/C12H17BN4O2/c1-10-11-4-3-5-12(17(11)15-14-10)13-18-8-6-16(2)7-9-19-13/h3-5H,6-9H2,1-2H3. The number of hydrogen-bond acceptors (Lipinski definition) is 5. The summed E-state index contributed by atoms with van der Waals surface area (Å²) in [5, 5.41) is 8.26. The molecule has 1 fully saturated rings. The summed E-state index contributed by atoms with van der Waals surface area (Å²) in [5.41, 5.74) is 2.79. The summed E-state index contributed by atoms with van der Waals surface area (Å²) in [5.74, 6) is 0. The maximum Gasteiger partial charge on any atom is 0.513 e. The Morgan fingerprint density at radius 2 is 1.95 bits per heavy atom. The highest BCUT2D eigenvalue weighted by Gasteiger charge is 2.27. The molecule has 3 heterocycles. The van der Waals surface area contributed by atoms with Crippen LogP contribution >= 0.6 is 0 Å². The molecule has 3 rings (SSSR count). The first-order chi connectivity index (χ1) is 9.25. The molecule has 0 amide bonds.